The third-order valence-electron chi connectivity index (χ3n) is 2.89. The van der Waals surface area contributed by atoms with E-state index in [9.17, 15) is 0 Å². The van der Waals surface area contributed by atoms with Gasteiger partial charge in [-0.3, -0.25) is 0 Å². The van der Waals surface area contributed by atoms with Crippen LogP contribution in [0, 0.1) is 11.3 Å². The quantitative estimate of drug-likeness (QED) is 0.810. The monoisotopic (exact) mass is 271 g/mol. The Kier molecular flexibility index (Phi) is 4.61. The van der Waals surface area contributed by atoms with Gasteiger partial charge in [0.25, 0.3) is 0 Å². The lowest BCUT2D eigenvalue weighted by Crippen LogP contribution is -2.05. The Morgan fingerprint density at radius 3 is 2.80 bits per heavy atom. The molecule has 1 aromatic carbocycles. The highest BCUT2D eigenvalue weighted by Crippen LogP contribution is 2.29. The molecule has 0 amide bonds. The van der Waals surface area contributed by atoms with Crippen molar-refractivity contribution in [2.45, 2.75) is 27.0 Å². The van der Waals surface area contributed by atoms with Crippen molar-refractivity contribution in [1.82, 2.24) is 9.55 Å². The van der Waals surface area contributed by atoms with Crippen LogP contribution in [0.4, 0.5) is 0 Å². The third-order valence-corrected chi connectivity index (χ3v) is 2.89. The number of hydrogen-bond donors (Lipinski definition) is 0. The first kappa shape index (κ1) is 13.9. The third kappa shape index (κ3) is 3.09. The van der Waals surface area contributed by atoms with Gasteiger partial charge in [-0.1, -0.05) is 0 Å². The van der Waals surface area contributed by atoms with E-state index in [1.807, 2.05) is 11.5 Å². The molecule has 5 heteroatoms. The molecule has 1 aromatic heterocycles. The summed E-state index contributed by atoms with van der Waals surface area (Å²) in [5, 5.41) is 8.91. The van der Waals surface area contributed by atoms with Crippen molar-refractivity contribution in [3.05, 3.63) is 42.0 Å². The summed E-state index contributed by atoms with van der Waals surface area (Å²) < 4.78 is 13.3. The molecule has 0 aliphatic heterocycles. The average molecular weight is 271 g/mol. The van der Waals surface area contributed by atoms with Gasteiger partial charge >= 0.3 is 0 Å². The Morgan fingerprint density at radius 1 is 1.25 bits per heavy atom. The first-order chi connectivity index (χ1) is 9.78. The molecule has 2 aromatic rings. The number of nitriles is 1. The fraction of sp³-hybridized carbons (Fsp3) is 0.333. The molecule has 0 fully saturated rings. The summed E-state index contributed by atoms with van der Waals surface area (Å²) in [5.41, 5.74) is 1.55. The van der Waals surface area contributed by atoms with Gasteiger partial charge in [0, 0.05) is 12.6 Å². The lowest BCUT2D eigenvalue weighted by atomic mass is 10.2. The number of imidazole rings is 1. The minimum atomic E-state index is 0.416. The largest absolute Gasteiger partial charge is 0.490 e. The van der Waals surface area contributed by atoms with Crippen molar-refractivity contribution in [2.24, 2.45) is 0 Å². The van der Waals surface area contributed by atoms with Gasteiger partial charge in [0.15, 0.2) is 11.5 Å². The summed E-state index contributed by atoms with van der Waals surface area (Å²) in [4.78, 5) is 4.10. The predicted octanol–water partition coefficient (Wildman–Crippen LogP) is 2.75. The zero-order chi connectivity index (χ0) is 14.4. The van der Waals surface area contributed by atoms with Crippen molar-refractivity contribution in [3.63, 3.8) is 0 Å². The molecule has 2 rings (SSSR count). The highest BCUT2D eigenvalue weighted by atomic mass is 16.5. The Bertz CT molecular complexity index is 614. The molecule has 20 heavy (non-hydrogen) atoms. The van der Waals surface area contributed by atoms with E-state index in [1.165, 1.54) is 0 Å². The predicted molar refractivity (Wildman–Crippen MR) is 74.6 cm³/mol. The molecule has 104 valence electrons. The van der Waals surface area contributed by atoms with Crippen molar-refractivity contribution in [1.29, 1.82) is 5.26 Å². The molecule has 0 N–H and O–H groups in total. The van der Waals surface area contributed by atoms with Gasteiger partial charge in [0.05, 0.1) is 36.5 Å². The first-order valence-corrected chi connectivity index (χ1v) is 6.57. The molecule has 0 radical (unpaired) electrons. The molecular formula is C15H17N3O2. The van der Waals surface area contributed by atoms with E-state index in [0.717, 1.165) is 12.2 Å². The summed E-state index contributed by atoms with van der Waals surface area (Å²) in [6, 6.07) is 7.26. The molecule has 0 unspecified atom stereocenters. The maximum atomic E-state index is 8.91. The highest BCUT2D eigenvalue weighted by molar-refractivity contribution is 5.46. The molecule has 0 bridgehead atoms. The van der Waals surface area contributed by atoms with Crippen LogP contribution < -0.4 is 9.47 Å². The second-order valence-corrected chi connectivity index (χ2v) is 4.17. The van der Waals surface area contributed by atoms with Crippen LogP contribution in [0.15, 0.2) is 30.7 Å². The van der Waals surface area contributed by atoms with Crippen LogP contribution in [0.2, 0.25) is 0 Å². The molecule has 1 heterocycles. The van der Waals surface area contributed by atoms with Crippen molar-refractivity contribution < 1.29 is 9.47 Å². The molecule has 0 saturated heterocycles. The van der Waals surface area contributed by atoms with Gasteiger partial charge in [-0.15, -0.1) is 0 Å². The molecule has 0 saturated carbocycles. The fourth-order valence-electron chi connectivity index (χ4n) is 1.87. The molecule has 0 aliphatic rings. The topological polar surface area (TPSA) is 60.1 Å². The molecule has 0 atom stereocenters. The number of rotatable bonds is 6. The van der Waals surface area contributed by atoms with E-state index in [-0.39, 0.29) is 0 Å². The van der Waals surface area contributed by atoms with Crippen LogP contribution in [0.3, 0.4) is 0 Å². The highest BCUT2D eigenvalue weighted by Gasteiger charge is 2.08. The van der Waals surface area contributed by atoms with E-state index in [4.69, 9.17) is 14.7 Å². The number of nitrogens with zero attached hydrogens (tertiary/aromatic N) is 3. The van der Waals surface area contributed by atoms with Crippen molar-refractivity contribution in [3.8, 4) is 17.6 Å². The summed E-state index contributed by atoms with van der Waals surface area (Å²) in [5.74, 6) is 1.23. The molecule has 0 aliphatic carbocycles. The zero-order valence-electron chi connectivity index (χ0n) is 11.7. The SMILES string of the molecule is CCOc1cc(C#N)ccc1OCc1cncn1CC. The smallest absolute Gasteiger partial charge is 0.162 e. The van der Waals surface area contributed by atoms with Gasteiger partial charge in [-0.25, -0.2) is 4.98 Å². The maximum Gasteiger partial charge on any atom is 0.162 e. The summed E-state index contributed by atoms with van der Waals surface area (Å²) in [6.07, 6.45) is 3.56. The van der Waals surface area contributed by atoms with Crippen LogP contribution in [0.1, 0.15) is 25.1 Å². The second kappa shape index (κ2) is 6.62. The number of aromatic nitrogens is 2. The molecule has 5 nitrogen and oxygen atoms in total. The molecular weight excluding hydrogens is 254 g/mol. The number of benzene rings is 1. The maximum absolute atomic E-state index is 8.91. The minimum Gasteiger partial charge on any atom is -0.490 e. The van der Waals surface area contributed by atoms with E-state index in [2.05, 4.69) is 18.0 Å². The van der Waals surface area contributed by atoms with E-state index in [1.54, 1.807) is 30.7 Å². The average Bonchev–Trinajstić information content (AvgIpc) is 2.93. The molecule has 0 spiro atoms. The summed E-state index contributed by atoms with van der Waals surface area (Å²) in [6.45, 7) is 5.75. The Hall–Kier alpha value is -2.48. The van der Waals surface area contributed by atoms with Gasteiger partial charge in [0.2, 0.25) is 0 Å². The number of aryl methyl sites for hydroxylation is 1. The fourth-order valence-corrected chi connectivity index (χ4v) is 1.87. The van der Waals surface area contributed by atoms with Crippen molar-refractivity contribution >= 4 is 0 Å². The van der Waals surface area contributed by atoms with Crippen LogP contribution in [0.5, 0.6) is 11.5 Å². The zero-order valence-corrected chi connectivity index (χ0v) is 11.7. The second-order valence-electron chi connectivity index (χ2n) is 4.17. The first-order valence-electron chi connectivity index (χ1n) is 6.57. The Morgan fingerprint density at radius 2 is 2.10 bits per heavy atom. The Labute approximate surface area is 118 Å². The van der Waals surface area contributed by atoms with Gasteiger partial charge in [0.1, 0.15) is 6.61 Å². The van der Waals surface area contributed by atoms with Crippen molar-refractivity contribution in [2.75, 3.05) is 6.61 Å². The van der Waals surface area contributed by atoms with E-state index < -0.39 is 0 Å². The number of ether oxygens (including phenoxy) is 2. The van der Waals surface area contributed by atoms with Crippen LogP contribution >= 0.6 is 0 Å². The van der Waals surface area contributed by atoms with E-state index >= 15 is 0 Å². The standard InChI is InChI=1S/C15H17N3O2/c1-3-18-11-17-9-13(18)10-20-14-6-5-12(8-16)7-15(14)19-4-2/h5-7,9,11H,3-4,10H2,1-2H3. The van der Waals surface area contributed by atoms with Crippen LogP contribution in [-0.4, -0.2) is 16.2 Å². The van der Waals surface area contributed by atoms with E-state index in [0.29, 0.717) is 30.3 Å². The van der Waals surface area contributed by atoms with Gasteiger partial charge < -0.3 is 14.0 Å². The van der Waals surface area contributed by atoms with Crippen LogP contribution in [0.25, 0.3) is 0 Å². The summed E-state index contributed by atoms with van der Waals surface area (Å²) in [7, 11) is 0. The lowest BCUT2D eigenvalue weighted by molar-refractivity contribution is 0.263. The van der Waals surface area contributed by atoms with Gasteiger partial charge in [-0.2, -0.15) is 5.26 Å². The normalized spacial score (nSPS) is 10.1. The lowest BCUT2D eigenvalue weighted by Gasteiger charge is -2.12. The van der Waals surface area contributed by atoms with Crippen LogP contribution in [-0.2, 0) is 13.2 Å². The Balaban J connectivity index is 2.14. The minimum absolute atomic E-state index is 0.416. The van der Waals surface area contributed by atoms with Gasteiger partial charge in [-0.05, 0) is 26.0 Å². The summed E-state index contributed by atoms with van der Waals surface area (Å²) >= 11 is 0. The number of hydrogen-bond acceptors (Lipinski definition) is 4.